The molecule has 1 rings (SSSR count). The topological polar surface area (TPSA) is 69.6 Å². The number of hydrogen-bond acceptors (Lipinski definition) is 3. The van der Waals surface area contributed by atoms with E-state index in [2.05, 4.69) is 5.32 Å². The first-order valence-corrected chi connectivity index (χ1v) is 5.74. The Balaban J connectivity index is 2.41. The molecule has 1 amide bonds. The van der Waals surface area contributed by atoms with Crippen molar-refractivity contribution in [2.24, 2.45) is 5.92 Å². The Morgan fingerprint density at radius 2 is 2.19 bits per heavy atom. The number of nitrogens with zero attached hydrogens (tertiary/aromatic N) is 1. The zero-order valence-electron chi connectivity index (χ0n) is 9.90. The summed E-state index contributed by atoms with van der Waals surface area (Å²) in [6.07, 6.45) is 1.46. The number of amides is 1. The molecule has 5 heteroatoms. The van der Waals surface area contributed by atoms with Crippen molar-refractivity contribution in [3.63, 3.8) is 0 Å². The van der Waals surface area contributed by atoms with Gasteiger partial charge in [0.15, 0.2) is 0 Å². The van der Waals surface area contributed by atoms with Crippen molar-refractivity contribution < 1.29 is 14.7 Å². The molecule has 0 aromatic rings. The molecule has 1 heterocycles. The van der Waals surface area contributed by atoms with E-state index in [0.717, 1.165) is 6.42 Å². The van der Waals surface area contributed by atoms with Crippen LogP contribution in [0.15, 0.2) is 0 Å². The highest BCUT2D eigenvalue weighted by molar-refractivity contribution is 5.79. The van der Waals surface area contributed by atoms with Crippen LogP contribution in [-0.4, -0.2) is 47.6 Å². The first-order chi connectivity index (χ1) is 7.50. The zero-order valence-corrected chi connectivity index (χ0v) is 9.90. The third-order valence-electron chi connectivity index (χ3n) is 2.78. The second kappa shape index (κ2) is 5.84. The van der Waals surface area contributed by atoms with Crippen molar-refractivity contribution >= 4 is 11.9 Å². The lowest BCUT2D eigenvalue weighted by atomic mass is 9.98. The number of piperidine rings is 1. The zero-order chi connectivity index (χ0) is 12.1. The van der Waals surface area contributed by atoms with E-state index in [-0.39, 0.29) is 11.9 Å². The second-order valence-corrected chi connectivity index (χ2v) is 4.55. The van der Waals surface area contributed by atoms with Crippen molar-refractivity contribution in [2.75, 3.05) is 19.6 Å². The second-order valence-electron chi connectivity index (χ2n) is 4.55. The van der Waals surface area contributed by atoms with E-state index in [9.17, 15) is 9.59 Å². The van der Waals surface area contributed by atoms with E-state index >= 15 is 0 Å². The van der Waals surface area contributed by atoms with E-state index < -0.39 is 11.9 Å². The monoisotopic (exact) mass is 228 g/mol. The molecular formula is C11H20N2O3. The summed E-state index contributed by atoms with van der Waals surface area (Å²) in [7, 11) is 0. The third-order valence-corrected chi connectivity index (χ3v) is 2.78. The number of hydrogen-bond donors (Lipinski definition) is 2. The molecule has 0 aromatic heterocycles. The van der Waals surface area contributed by atoms with Gasteiger partial charge in [-0.15, -0.1) is 0 Å². The Morgan fingerprint density at radius 3 is 2.75 bits per heavy atom. The van der Waals surface area contributed by atoms with E-state index in [1.807, 2.05) is 13.8 Å². The summed E-state index contributed by atoms with van der Waals surface area (Å²) < 4.78 is 0. The fourth-order valence-electron chi connectivity index (χ4n) is 1.81. The molecule has 92 valence electrons. The van der Waals surface area contributed by atoms with Gasteiger partial charge in [-0.1, -0.05) is 13.8 Å². The maximum absolute atomic E-state index is 11.7. The maximum Gasteiger partial charge on any atom is 0.308 e. The van der Waals surface area contributed by atoms with Crippen molar-refractivity contribution in [1.82, 2.24) is 10.2 Å². The largest absolute Gasteiger partial charge is 0.481 e. The number of rotatable bonds is 4. The van der Waals surface area contributed by atoms with Crippen LogP contribution in [0.1, 0.15) is 26.7 Å². The minimum absolute atomic E-state index is 0.000324. The third kappa shape index (κ3) is 3.81. The summed E-state index contributed by atoms with van der Waals surface area (Å²) in [6.45, 7) is 5.29. The molecule has 0 aromatic carbocycles. The molecule has 0 unspecified atom stereocenters. The van der Waals surface area contributed by atoms with Crippen LogP contribution in [0.2, 0.25) is 0 Å². The predicted octanol–water partition coefficient (Wildman–Crippen LogP) is 0.308. The average molecular weight is 228 g/mol. The van der Waals surface area contributed by atoms with Gasteiger partial charge in [0.05, 0.1) is 12.5 Å². The van der Waals surface area contributed by atoms with Gasteiger partial charge in [0.25, 0.3) is 0 Å². The highest BCUT2D eigenvalue weighted by atomic mass is 16.4. The minimum Gasteiger partial charge on any atom is -0.481 e. The van der Waals surface area contributed by atoms with Gasteiger partial charge in [0, 0.05) is 19.1 Å². The van der Waals surface area contributed by atoms with Gasteiger partial charge in [0.2, 0.25) is 5.91 Å². The number of carbonyl (C=O) groups is 2. The van der Waals surface area contributed by atoms with Gasteiger partial charge >= 0.3 is 5.97 Å². The summed E-state index contributed by atoms with van der Waals surface area (Å²) in [4.78, 5) is 24.2. The molecule has 0 aliphatic carbocycles. The Labute approximate surface area is 95.8 Å². The van der Waals surface area contributed by atoms with Crippen LogP contribution in [0.5, 0.6) is 0 Å². The Kier molecular flexibility index (Phi) is 4.73. The highest BCUT2D eigenvalue weighted by Crippen LogP contribution is 2.16. The normalized spacial score (nSPS) is 21.2. The van der Waals surface area contributed by atoms with Gasteiger partial charge in [-0.25, -0.2) is 0 Å². The average Bonchev–Trinajstić information content (AvgIpc) is 2.26. The predicted molar refractivity (Wildman–Crippen MR) is 60.1 cm³/mol. The van der Waals surface area contributed by atoms with Crippen molar-refractivity contribution in [2.45, 2.75) is 32.7 Å². The van der Waals surface area contributed by atoms with Gasteiger partial charge in [-0.05, 0) is 12.8 Å². The lowest BCUT2D eigenvalue weighted by Crippen LogP contribution is -2.46. The number of aliphatic carboxylic acids is 1. The fourth-order valence-corrected chi connectivity index (χ4v) is 1.81. The van der Waals surface area contributed by atoms with Gasteiger partial charge in [-0.3, -0.25) is 9.59 Å². The quantitative estimate of drug-likeness (QED) is 0.726. The summed E-state index contributed by atoms with van der Waals surface area (Å²) in [5.41, 5.74) is 0. The van der Waals surface area contributed by atoms with E-state index in [1.165, 1.54) is 0 Å². The number of carbonyl (C=O) groups excluding carboxylic acids is 1. The van der Waals surface area contributed by atoms with Crippen LogP contribution >= 0.6 is 0 Å². The minimum atomic E-state index is -0.797. The molecule has 0 spiro atoms. The van der Waals surface area contributed by atoms with Crippen LogP contribution in [0, 0.1) is 5.92 Å². The molecule has 5 nitrogen and oxygen atoms in total. The Bertz CT molecular complexity index is 266. The highest BCUT2D eigenvalue weighted by Gasteiger charge is 2.27. The summed E-state index contributed by atoms with van der Waals surface area (Å²) >= 11 is 0. The Morgan fingerprint density at radius 1 is 1.50 bits per heavy atom. The Hall–Kier alpha value is -1.10. The molecule has 0 saturated carbocycles. The van der Waals surface area contributed by atoms with Gasteiger partial charge < -0.3 is 15.3 Å². The smallest absolute Gasteiger partial charge is 0.308 e. The number of carboxylic acid groups (broad SMARTS) is 1. The SMILES string of the molecule is CC(C)NCC(=O)N1CCC[C@H](C(=O)O)C1. The molecule has 1 aliphatic rings. The molecule has 1 saturated heterocycles. The van der Waals surface area contributed by atoms with Crippen LogP contribution in [-0.2, 0) is 9.59 Å². The lowest BCUT2D eigenvalue weighted by molar-refractivity contribution is -0.145. The maximum atomic E-state index is 11.7. The van der Waals surface area contributed by atoms with Crippen LogP contribution < -0.4 is 5.32 Å². The van der Waals surface area contributed by atoms with E-state index in [4.69, 9.17) is 5.11 Å². The molecule has 1 fully saturated rings. The number of likely N-dealkylation sites (tertiary alicyclic amines) is 1. The first kappa shape index (κ1) is 13.0. The molecule has 1 aliphatic heterocycles. The molecular weight excluding hydrogens is 208 g/mol. The van der Waals surface area contributed by atoms with Gasteiger partial charge in [0.1, 0.15) is 0 Å². The van der Waals surface area contributed by atoms with Crippen LogP contribution in [0.3, 0.4) is 0 Å². The van der Waals surface area contributed by atoms with Crippen LogP contribution in [0.25, 0.3) is 0 Å². The summed E-state index contributed by atoms with van der Waals surface area (Å²) in [5.74, 6) is -1.19. The van der Waals surface area contributed by atoms with Crippen molar-refractivity contribution in [3.8, 4) is 0 Å². The molecule has 0 radical (unpaired) electrons. The molecule has 2 N–H and O–H groups in total. The van der Waals surface area contributed by atoms with Crippen molar-refractivity contribution in [3.05, 3.63) is 0 Å². The number of nitrogens with one attached hydrogen (secondary N) is 1. The van der Waals surface area contributed by atoms with E-state index in [1.54, 1.807) is 4.90 Å². The lowest BCUT2D eigenvalue weighted by Gasteiger charge is -2.31. The molecule has 1 atom stereocenters. The van der Waals surface area contributed by atoms with Gasteiger partial charge in [-0.2, -0.15) is 0 Å². The molecule has 16 heavy (non-hydrogen) atoms. The summed E-state index contributed by atoms with van der Waals surface area (Å²) in [5, 5.41) is 12.0. The summed E-state index contributed by atoms with van der Waals surface area (Å²) in [6, 6.07) is 0.268. The fraction of sp³-hybridized carbons (Fsp3) is 0.818. The number of carboxylic acids is 1. The standard InChI is InChI=1S/C11H20N2O3/c1-8(2)12-6-10(14)13-5-3-4-9(7-13)11(15)16/h8-9,12H,3-7H2,1-2H3,(H,15,16)/t9-/m0/s1. The first-order valence-electron chi connectivity index (χ1n) is 5.74. The van der Waals surface area contributed by atoms with E-state index in [0.29, 0.717) is 26.1 Å². The molecule has 0 bridgehead atoms. The van der Waals surface area contributed by atoms with Crippen LogP contribution in [0.4, 0.5) is 0 Å². The van der Waals surface area contributed by atoms with Crippen molar-refractivity contribution in [1.29, 1.82) is 0 Å².